The summed E-state index contributed by atoms with van der Waals surface area (Å²) in [6.07, 6.45) is 0. The van der Waals surface area contributed by atoms with Crippen LogP contribution in [0, 0.1) is 0 Å². The number of carbonyl (C=O) groups excluding carboxylic acids is 3. The van der Waals surface area contributed by atoms with Gasteiger partial charge in [-0.25, -0.2) is 0 Å². The first-order valence-corrected chi connectivity index (χ1v) is 9.18. The van der Waals surface area contributed by atoms with Crippen molar-refractivity contribution in [3.05, 3.63) is 59.7 Å². The van der Waals surface area contributed by atoms with Crippen molar-refractivity contribution >= 4 is 35.0 Å². The van der Waals surface area contributed by atoms with E-state index in [4.69, 9.17) is 0 Å². The first kappa shape index (κ1) is 19.7. The Morgan fingerprint density at radius 2 is 1.58 bits per heavy atom. The van der Waals surface area contributed by atoms with Crippen molar-refractivity contribution < 1.29 is 14.4 Å². The van der Waals surface area contributed by atoms with Crippen LogP contribution in [0.5, 0.6) is 0 Å². The van der Waals surface area contributed by atoms with Crippen LogP contribution < -0.4 is 5.32 Å². The maximum Gasteiger partial charge on any atom is 0.221 e. The summed E-state index contributed by atoms with van der Waals surface area (Å²) in [5.41, 5.74) is 2.38. The minimum Gasteiger partial charge on any atom is -0.342 e. The third kappa shape index (κ3) is 6.04. The number of amides is 2. The summed E-state index contributed by atoms with van der Waals surface area (Å²) in [5, 5.41) is 2.71. The van der Waals surface area contributed by atoms with Crippen LogP contribution in [0.3, 0.4) is 0 Å². The van der Waals surface area contributed by atoms with Crippen LogP contribution in [0.25, 0.3) is 0 Å². The van der Waals surface area contributed by atoms with Crippen LogP contribution in [-0.4, -0.2) is 35.3 Å². The summed E-state index contributed by atoms with van der Waals surface area (Å²) in [4.78, 5) is 37.2. The third-order valence-electron chi connectivity index (χ3n) is 3.78. The molecule has 6 heteroatoms. The Kier molecular flexibility index (Phi) is 6.97. The van der Waals surface area contributed by atoms with Gasteiger partial charge in [0.1, 0.15) is 0 Å². The van der Waals surface area contributed by atoms with Crippen LogP contribution in [-0.2, 0) is 16.1 Å². The zero-order chi connectivity index (χ0) is 19.1. The van der Waals surface area contributed by atoms with Crippen LogP contribution >= 0.6 is 11.8 Å². The second-order valence-electron chi connectivity index (χ2n) is 5.99. The minimum atomic E-state index is -0.112. The highest BCUT2D eigenvalue weighted by Crippen LogP contribution is 2.21. The molecule has 5 nitrogen and oxygen atoms in total. The number of nitrogens with zero attached hydrogens (tertiary/aromatic N) is 1. The molecule has 0 radical (unpaired) electrons. The summed E-state index contributed by atoms with van der Waals surface area (Å²) in [6, 6.07) is 14.7. The fraction of sp³-hybridized carbons (Fsp3) is 0.250. The number of Topliss-reactive ketones (excluding diaryl/α,β-unsaturated/α-hetero) is 1. The molecule has 26 heavy (non-hydrogen) atoms. The number of carbonyl (C=O) groups is 3. The molecule has 1 N–H and O–H groups in total. The molecule has 0 atom stereocenters. The summed E-state index contributed by atoms with van der Waals surface area (Å²) >= 11 is 1.45. The van der Waals surface area contributed by atoms with Gasteiger partial charge in [-0.05, 0) is 29.8 Å². The summed E-state index contributed by atoms with van der Waals surface area (Å²) < 4.78 is 0. The highest BCUT2D eigenvalue weighted by molar-refractivity contribution is 8.00. The summed E-state index contributed by atoms with van der Waals surface area (Å²) in [6.45, 7) is 3.52. The molecule has 2 aromatic carbocycles. The molecule has 2 aromatic rings. The maximum atomic E-state index is 12.3. The van der Waals surface area contributed by atoms with Gasteiger partial charge in [0.25, 0.3) is 0 Å². The van der Waals surface area contributed by atoms with Gasteiger partial charge in [0.2, 0.25) is 11.8 Å². The molecule has 2 rings (SSSR count). The second-order valence-corrected chi connectivity index (χ2v) is 7.04. The molecule has 0 saturated carbocycles. The lowest BCUT2D eigenvalue weighted by molar-refractivity contribution is -0.128. The number of thioether (sulfide) groups is 1. The van der Waals surface area contributed by atoms with Crippen molar-refractivity contribution in [3.63, 3.8) is 0 Å². The summed E-state index contributed by atoms with van der Waals surface area (Å²) in [5.74, 6) is 0.281. The number of benzene rings is 2. The Morgan fingerprint density at radius 1 is 0.962 bits per heavy atom. The smallest absolute Gasteiger partial charge is 0.221 e. The van der Waals surface area contributed by atoms with E-state index in [1.807, 2.05) is 36.4 Å². The van der Waals surface area contributed by atoms with Gasteiger partial charge in [-0.3, -0.25) is 14.4 Å². The molecule has 0 aliphatic rings. The predicted molar refractivity (Wildman–Crippen MR) is 104 cm³/mol. The number of nitrogens with one attached hydrogen (secondary N) is 1. The van der Waals surface area contributed by atoms with Crippen molar-refractivity contribution in [1.29, 1.82) is 0 Å². The van der Waals surface area contributed by atoms with Gasteiger partial charge < -0.3 is 10.2 Å². The molecule has 0 aliphatic heterocycles. The molecule has 0 unspecified atom stereocenters. The zero-order valence-corrected chi connectivity index (χ0v) is 15.9. The van der Waals surface area contributed by atoms with Gasteiger partial charge in [-0.2, -0.15) is 0 Å². The number of anilines is 1. The average Bonchev–Trinajstić information content (AvgIpc) is 2.61. The van der Waals surface area contributed by atoms with Gasteiger partial charge in [0.15, 0.2) is 5.78 Å². The average molecular weight is 370 g/mol. The number of rotatable bonds is 7. The number of hydrogen-bond acceptors (Lipinski definition) is 4. The van der Waals surface area contributed by atoms with E-state index in [0.717, 1.165) is 16.1 Å². The Bertz CT molecular complexity index is 786. The Morgan fingerprint density at radius 3 is 2.12 bits per heavy atom. The lowest BCUT2D eigenvalue weighted by atomic mass is 10.1. The van der Waals surface area contributed by atoms with Gasteiger partial charge in [-0.1, -0.05) is 24.3 Å². The molecule has 0 aliphatic carbocycles. The molecule has 136 valence electrons. The van der Waals surface area contributed by atoms with E-state index in [2.05, 4.69) is 5.32 Å². The molecule has 0 bridgehead atoms. The molecular formula is C20H22N2O3S. The second kappa shape index (κ2) is 9.20. The molecule has 0 fully saturated rings. The van der Waals surface area contributed by atoms with Gasteiger partial charge in [0, 0.05) is 43.6 Å². The molecule has 0 spiro atoms. The van der Waals surface area contributed by atoms with Crippen LogP contribution in [0.2, 0.25) is 0 Å². The Balaban J connectivity index is 1.89. The largest absolute Gasteiger partial charge is 0.342 e. The molecular weight excluding hydrogens is 348 g/mol. The molecule has 0 heterocycles. The van der Waals surface area contributed by atoms with Crippen molar-refractivity contribution in [3.8, 4) is 0 Å². The van der Waals surface area contributed by atoms with E-state index >= 15 is 0 Å². The Labute approximate surface area is 157 Å². The lowest BCUT2D eigenvalue weighted by Gasteiger charge is -2.14. The lowest BCUT2D eigenvalue weighted by Crippen LogP contribution is -2.22. The van der Waals surface area contributed by atoms with Crippen LogP contribution in [0.1, 0.15) is 29.8 Å². The fourth-order valence-corrected chi connectivity index (χ4v) is 3.04. The van der Waals surface area contributed by atoms with Crippen molar-refractivity contribution in [2.75, 3.05) is 18.1 Å². The van der Waals surface area contributed by atoms with Crippen molar-refractivity contribution in [2.24, 2.45) is 0 Å². The van der Waals surface area contributed by atoms with Gasteiger partial charge in [0.05, 0.1) is 5.75 Å². The van der Waals surface area contributed by atoms with Crippen molar-refractivity contribution in [2.45, 2.75) is 25.3 Å². The monoisotopic (exact) mass is 370 g/mol. The van der Waals surface area contributed by atoms with Gasteiger partial charge in [-0.15, -0.1) is 11.8 Å². The quantitative estimate of drug-likeness (QED) is 0.597. The normalized spacial score (nSPS) is 10.3. The zero-order valence-electron chi connectivity index (χ0n) is 15.1. The van der Waals surface area contributed by atoms with Crippen molar-refractivity contribution in [1.82, 2.24) is 4.90 Å². The fourth-order valence-electron chi connectivity index (χ4n) is 2.25. The van der Waals surface area contributed by atoms with E-state index < -0.39 is 0 Å². The van der Waals surface area contributed by atoms with E-state index in [0.29, 0.717) is 17.9 Å². The minimum absolute atomic E-state index is 0.00562. The summed E-state index contributed by atoms with van der Waals surface area (Å²) in [7, 11) is 1.75. The standard InChI is InChI=1S/C20H22N2O3S/c1-14(23)21-18-8-10-19(11-9-18)26-13-20(25)17-6-4-16(5-7-17)12-22(3)15(2)24/h4-11H,12-13H2,1-3H3,(H,21,23). The molecule has 2 amide bonds. The van der Waals surface area contributed by atoms with E-state index in [9.17, 15) is 14.4 Å². The van der Waals surface area contributed by atoms with Crippen LogP contribution in [0.4, 0.5) is 5.69 Å². The highest BCUT2D eigenvalue weighted by Gasteiger charge is 2.08. The number of ketones is 1. The maximum absolute atomic E-state index is 12.3. The Hall–Kier alpha value is -2.60. The predicted octanol–water partition coefficient (Wildman–Crippen LogP) is 3.60. The third-order valence-corrected chi connectivity index (χ3v) is 4.79. The van der Waals surface area contributed by atoms with Crippen LogP contribution in [0.15, 0.2) is 53.4 Å². The van der Waals surface area contributed by atoms with E-state index in [1.54, 1.807) is 24.1 Å². The van der Waals surface area contributed by atoms with Gasteiger partial charge >= 0.3 is 0 Å². The first-order valence-electron chi connectivity index (χ1n) is 8.19. The van der Waals surface area contributed by atoms with E-state index in [1.165, 1.54) is 25.6 Å². The molecule has 0 saturated heterocycles. The topological polar surface area (TPSA) is 66.5 Å². The SMILES string of the molecule is CC(=O)Nc1ccc(SCC(=O)c2ccc(CN(C)C(C)=O)cc2)cc1. The number of hydrogen-bond donors (Lipinski definition) is 1. The highest BCUT2D eigenvalue weighted by atomic mass is 32.2. The van der Waals surface area contributed by atoms with E-state index in [-0.39, 0.29) is 17.6 Å². The first-order chi connectivity index (χ1) is 12.3. The molecule has 0 aromatic heterocycles.